The van der Waals surface area contributed by atoms with Gasteiger partial charge in [0, 0.05) is 36.4 Å². The van der Waals surface area contributed by atoms with E-state index < -0.39 is 0 Å². The van der Waals surface area contributed by atoms with Crippen molar-refractivity contribution >= 4 is 5.91 Å². The molecule has 0 bridgehead atoms. The van der Waals surface area contributed by atoms with Gasteiger partial charge in [-0.1, -0.05) is 31.8 Å². The third kappa shape index (κ3) is 4.13. The van der Waals surface area contributed by atoms with Gasteiger partial charge in [-0.3, -0.25) is 9.48 Å². The molecule has 0 spiro atoms. The fourth-order valence-electron chi connectivity index (χ4n) is 5.12. The Balaban J connectivity index is 1.52. The van der Waals surface area contributed by atoms with E-state index in [1.165, 1.54) is 49.8 Å². The number of aromatic nitrogens is 2. The molecule has 4 rings (SSSR count). The van der Waals surface area contributed by atoms with E-state index in [0.717, 1.165) is 45.2 Å². The summed E-state index contributed by atoms with van der Waals surface area (Å²) in [6.45, 7) is 6.32. The normalized spacial score (nSPS) is 23.9. The van der Waals surface area contributed by atoms with Gasteiger partial charge in [-0.2, -0.15) is 5.10 Å². The summed E-state index contributed by atoms with van der Waals surface area (Å²) in [5, 5.41) is 8.68. The summed E-state index contributed by atoms with van der Waals surface area (Å²) in [6, 6.07) is 1.13. The molecule has 2 fully saturated rings. The monoisotopic (exact) mass is 370 g/mol. The molecular formula is C22H34N4O. The summed E-state index contributed by atoms with van der Waals surface area (Å²) in [5.74, 6) is 0.140. The van der Waals surface area contributed by atoms with Crippen LogP contribution in [0.3, 0.4) is 0 Å². The molecule has 0 radical (unpaired) electrons. The van der Waals surface area contributed by atoms with Crippen molar-refractivity contribution in [1.82, 2.24) is 20.0 Å². The Bertz CT molecular complexity index is 666. The van der Waals surface area contributed by atoms with Crippen LogP contribution < -0.4 is 5.32 Å². The summed E-state index contributed by atoms with van der Waals surface area (Å²) in [7, 11) is 0. The van der Waals surface area contributed by atoms with Gasteiger partial charge in [-0.05, 0) is 44.9 Å². The Kier molecular flexibility index (Phi) is 5.96. The van der Waals surface area contributed by atoms with E-state index in [1.54, 1.807) is 0 Å². The fourth-order valence-corrected chi connectivity index (χ4v) is 5.12. The third-order valence-corrected chi connectivity index (χ3v) is 6.57. The van der Waals surface area contributed by atoms with Crippen molar-refractivity contribution in [1.29, 1.82) is 0 Å². The van der Waals surface area contributed by atoms with Crippen LogP contribution in [0.25, 0.3) is 0 Å². The van der Waals surface area contributed by atoms with Gasteiger partial charge in [0.2, 0.25) is 0 Å². The van der Waals surface area contributed by atoms with Crippen LogP contribution in [0, 0.1) is 0 Å². The molecule has 1 saturated heterocycles. The first-order chi connectivity index (χ1) is 13.3. The minimum atomic E-state index is 0.140. The number of hydrogen-bond donors (Lipinski definition) is 1. The zero-order valence-corrected chi connectivity index (χ0v) is 16.6. The maximum Gasteiger partial charge on any atom is 0.274 e. The second kappa shape index (κ2) is 8.59. The molecule has 5 heteroatoms. The van der Waals surface area contributed by atoms with Gasteiger partial charge in [0.15, 0.2) is 5.69 Å². The number of carbonyl (C=O) groups is 1. The van der Waals surface area contributed by atoms with Gasteiger partial charge in [-0.25, -0.2) is 0 Å². The number of likely N-dealkylation sites (tertiary alicyclic amines) is 1. The van der Waals surface area contributed by atoms with Gasteiger partial charge in [0.25, 0.3) is 5.91 Å². The van der Waals surface area contributed by atoms with Crippen LogP contribution in [0.15, 0.2) is 12.7 Å². The number of rotatable bonds is 5. The Hall–Kier alpha value is -1.62. The fraction of sp³-hybridized carbons (Fsp3) is 0.727. The van der Waals surface area contributed by atoms with Crippen LogP contribution in [0.5, 0.6) is 0 Å². The average molecular weight is 371 g/mol. The molecule has 1 atom stereocenters. The molecule has 2 heterocycles. The lowest BCUT2D eigenvalue weighted by Gasteiger charge is -2.29. The first-order valence-corrected chi connectivity index (χ1v) is 11.0. The number of nitrogens with zero attached hydrogens (tertiary/aromatic N) is 3. The van der Waals surface area contributed by atoms with Crippen LogP contribution >= 0.6 is 0 Å². The highest BCUT2D eigenvalue weighted by Crippen LogP contribution is 2.28. The second-order valence-corrected chi connectivity index (χ2v) is 8.54. The van der Waals surface area contributed by atoms with Crippen LogP contribution in [0.2, 0.25) is 0 Å². The number of nitrogens with one attached hydrogen (secondary N) is 1. The number of carbonyl (C=O) groups excluding carboxylic acids is 1. The molecule has 1 aromatic rings. The summed E-state index contributed by atoms with van der Waals surface area (Å²) in [5.41, 5.74) is 3.17. The smallest absolute Gasteiger partial charge is 0.274 e. The topological polar surface area (TPSA) is 50.2 Å². The molecule has 3 aliphatic rings. The predicted octanol–water partition coefficient (Wildman–Crippen LogP) is 3.47. The summed E-state index contributed by atoms with van der Waals surface area (Å²) in [6.07, 6.45) is 15.3. The summed E-state index contributed by atoms with van der Waals surface area (Å²) < 4.78 is 2.02. The molecule has 5 nitrogen and oxygen atoms in total. The zero-order valence-electron chi connectivity index (χ0n) is 16.6. The molecule has 1 aromatic heterocycles. The molecule has 2 aliphatic carbocycles. The van der Waals surface area contributed by atoms with E-state index in [9.17, 15) is 4.79 Å². The van der Waals surface area contributed by atoms with E-state index in [4.69, 9.17) is 5.10 Å². The van der Waals surface area contributed by atoms with E-state index in [-0.39, 0.29) is 5.91 Å². The first kappa shape index (κ1) is 18.7. The Labute approximate surface area is 163 Å². The molecule has 1 amide bonds. The molecule has 1 unspecified atom stereocenters. The molecule has 1 saturated carbocycles. The van der Waals surface area contributed by atoms with Gasteiger partial charge in [-0.15, -0.1) is 6.58 Å². The SMILES string of the molecule is C=CCn1nc(C(=O)N2CCCC2)c2c1CCC(NC1CCCCCC1)C2. The second-order valence-electron chi connectivity index (χ2n) is 8.54. The summed E-state index contributed by atoms with van der Waals surface area (Å²) in [4.78, 5) is 15.1. The van der Waals surface area contributed by atoms with E-state index in [0.29, 0.717) is 24.3 Å². The maximum absolute atomic E-state index is 13.1. The van der Waals surface area contributed by atoms with Gasteiger partial charge >= 0.3 is 0 Å². The van der Waals surface area contributed by atoms with Crippen molar-refractivity contribution in [3.63, 3.8) is 0 Å². The van der Waals surface area contributed by atoms with E-state index >= 15 is 0 Å². The van der Waals surface area contributed by atoms with E-state index in [1.807, 2.05) is 15.7 Å². The minimum absolute atomic E-state index is 0.140. The minimum Gasteiger partial charge on any atom is -0.337 e. The molecule has 0 aromatic carbocycles. The number of fused-ring (bicyclic) bond motifs is 1. The van der Waals surface area contributed by atoms with Crippen molar-refractivity contribution in [3.8, 4) is 0 Å². The molecular weight excluding hydrogens is 336 g/mol. The number of allylic oxidation sites excluding steroid dienone is 1. The first-order valence-electron chi connectivity index (χ1n) is 11.0. The molecule has 148 valence electrons. The Morgan fingerprint density at radius 1 is 1.07 bits per heavy atom. The lowest BCUT2D eigenvalue weighted by molar-refractivity contribution is 0.0785. The van der Waals surface area contributed by atoms with Crippen molar-refractivity contribution in [2.45, 2.75) is 89.3 Å². The van der Waals surface area contributed by atoms with Crippen LogP contribution in [0.4, 0.5) is 0 Å². The highest BCUT2D eigenvalue weighted by molar-refractivity contribution is 5.94. The van der Waals surface area contributed by atoms with Crippen LogP contribution in [-0.4, -0.2) is 45.8 Å². The van der Waals surface area contributed by atoms with Crippen molar-refractivity contribution < 1.29 is 4.79 Å². The Morgan fingerprint density at radius 3 is 2.52 bits per heavy atom. The zero-order chi connectivity index (χ0) is 18.6. The highest BCUT2D eigenvalue weighted by Gasteiger charge is 2.32. The largest absolute Gasteiger partial charge is 0.337 e. The highest BCUT2D eigenvalue weighted by atomic mass is 16.2. The van der Waals surface area contributed by atoms with Crippen LogP contribution in [0.1, 0.15) is 79.5 Å². The molecule has 1 N–H and O–H groups in total. The number of amides is 1. The van der Waals surface area contributed by atoms with Gasteiger partial charge < -0.3 is 10.2 Å². The summed E-state index contributed by atoms with van der Waals surface area (Å²) >= 11 is 0. The Morgan fingerprint density at radius 2 is 1.81 bits per heavy atom. The average Bonchev–Trinajstić information content (AvgIpc) is 3.25. The molecule has 27 heavy (non-hydrogen) atoms. The van der Waals surface area contributed by atoms with Crippen molar-refractivity contribution in [2.24, 2.45) is 0 Å². The van der Waals surface area contributed by atoms with Crippen LogP contribution in [-0.2, 0) is 19.4 Å². The number of hydrogen-bond acceptors (Lipinski definition) is 3. The van der Waals surface area contributed by atoms with Gasteiger partial charge in [0.05, 0.1) is 6.54 Å². The maximum atomic E-state index is 13.1. The lowest BCUT2D eigenvalue weighted by atomic mass is 9.90. The van der Waals surface area contributed by atoms with Crippen molar-refractivity contribution in [3.05, 3.63) is 29.6 Å². The lowest BCUT2D eigenvalue weighted by Crippen LogP contribution is -2.42. The van der Waals surface area contributed by atoms with Crippen molar-refractivity contribution in [2.75, 3.05) is 13.1 Å². The third-order valence-electron chi connectivity index (χ3n) is 6.57. The quantitative estimate of drug-likeness (QED) is 0.638. The van der Waals surface area contributed by atoms with Gasteiger partial charge in [0.1, 0.15) is 0 Å². The standard InChI is InChI=1S/C22H34N4O/c1-2-13-26-20-12-11-18(23-17-9-5-3-4-6-10-17)16-19(20)21(24-26)22(27)25-14-7-8-15-25/h2,17-18,23H,1,3-16H2. The predicted molar refractivity (Wildman–Crippen MR) is 108 cm³/mol. The van der Waals surface area contributed by atoms with E-state index in [2.05, 4.69) is 11.9 Å². The molecule has 1 aliphatic heterocycles.